The number of likely N-dealkylation sites (tertiary alicyclic amines) is 1. The molecule has 5 heterocycles. The second-order valence-corrected chi connectivity index (χ2v) is 16.0. The minimum atomic E-state index is -1.16. The number of aromatic nitrogens is 1. The molecular weight excluding hydrogens is 577 g/mol. The van der Waals surface area contributed by atoms with Crippen molar-refractivity contribution >= 4 is 16.9 Å². The molecule has 7 heteroatoms. The zero-order valence-corrected chi connectivity index (χ0v) is 27.4. The summed E-state index contributed by atoms with van der Waals surface area (Å²) in [6, 6.07) is 21.5. The smallest absolute Gasteiger partial charge is 0.161 e. The number of piperidine rings is 1. The molecule has 2 unspecified atom stereocenters. The molecule has 2 atom stereocenters. The zero-order chi connectivity index (χ0) is 30.2. The van der Waals surface area contributed by atoms with Gasteiger partial charge in [-0.3, -0.25) is 9.88 Å². The first-order valence-electron chi connectivity index (χ1n) is 17.4. The molecule has 238 valence electrons. The van der Waals surface area contributed by atoms with Crippen molar-refractivity contribution in [3.05, 3.63) is 84.2 Å². The first-order chi connectivity index (χ1) is 22.2. The minimum absolute atomic E-state index is 0.308. The Morgan fingerprint density at radius 2 is 1.44 bits per heavy atom. The van der Waals surface area contributed by atoms with Gasteiger partial charge < -0.3 is 19.1 Å². The summed E-state index contributed by atoms with van der Waals surface area (Å²) in [4.78, 5) is 13.8. The van der Waals surface area contributed by atoms with E-state index in [1.807, 2.05) is 24.3 Å². The van der Waals surface area contributed by atoms with E-state index in [1.165, 1.54) is 76.9 Å². The van der Waals surface area contributed by atoms with Crippen molar-refractivity contribution in [3.8, 4) is 0 Å². The predicted octanol–water partition coefficient (Wildman–Crippen LogP) is 5.99. The second kappa shape index (κ2) is 13.0. The van der Waals surface area contributed by atoms with Gasteiger partial charge in [0.2, 0.25) is 0 Å². The Bertz CT molecular complexity index is 1420. The molecule has 4 fully saturated rings. The van der Waals surface area contributed by atoms with Crippen LogP contribution >= 0.6 is 0 Å². The van der Waals surface area contributed by atoms with Crippen molar-refractivity contribution < 1.29 is 9.29 Å². The fourth-order valence-electron chi connectivity index (χ4n) is 9.49. The summed E-state index contributed by atoms with van der Waals surface area (Å²) in [6.45, 7) is 11.4. The Balaban J connectivity index is 0.894. The van der Waals surface area contributed by atoms with Gasteiger partial charge in [-0.05, 0) is 86.0 Å². The molecule has 45 heavy (non-hydrogen) atoms. The van der Waals surface area contributed by atoms with E-state index in [0.29, 0.717) is 5.41 Å². The highest BCUT2D eigenvalue weighted by molar-refractivity contribution is 7.91. The van der Waals surface area contributed by atoms with E-state index in [4.69, 9.17) is 4.74 Å². The Morgan fingerprint density at radius 3 is 2.16 bits per heavy atom. The zero-order valence-electron chi connectivity index (χ0n) is 26.6. The Kier molecular flexibility index (Phi) is 8.65. The molecule has 3 saturated heterocycles. The predicted molar refractivity (Wildman–Crippen MR) is 180 cm³/mol. The molecule has 5 aliphatic rings. The molecule has 0 N–H and O–H groups in total. The minimum Gasteiger partial charge on any atom is -0.606 e. The summed E-state index contributed by atoms with van der Waals surface area (Å²) in [7, 11) is 0. The summed E-state index contributed by atoms with van der Waals surface area (Å²) < 4.78 is 18.5. The Labute approximate surface area is 272 Å². The van der Waals surface area contributed by atoms with E-state index in [0.717, 1.165) is 66.3 Å². The van der Waals surface area contributed by atoms with Crippen molar-refractivity contribution in [2.24, 2.45) is 23.7 Å². The van der Waals surface area contributed by atoms with Crippen molar-refractivity contribution in [1.82, 2.24) is 14.8 Å². The van der Waals surface area contributed by atoms with Crippen LogP contribution < -0.4 is 4.90 Å². The van der Waals surface area contributed by atoms with Gasteiger partial charge in [0.25, 0.3) is 0 Å². The number of ether oxygens (including phenoxy) is 1. The topological polar surface area (TPSA) is 54.9 Å². The molecule has 4 aliphatic heterocycles. The third-order valence-corrected chi connectivity index (χ3v) is 13.2. The van der Waals surface area contributed by atoms with Crippen LogP contribution in [0.5, 0.6) is 0 Å². The van der Waals surface area contributed by atoms with Gasteiger partial charge in [0.15, 0.2) is 9.79 Å². The third-order valence-electron chi connectivity index (χ3n) is 11.8. The van der Waals surface area contributed by atoms with E-state index in [1.54, 1.807) is 23.5 Å². The van der Waals surface area contributed by atoms with Gasteiger partial charge >= 0.3 is 0 Å². The van der Waals surface area contributed by atoms with Gasteiger partial charge in [-0.15, -0.1) is 0 Å². The Hall–Kier alpha value is -2.42. The van der Waals surface area contributed by atoms with Crippen molar-refractivity contribution in [2.45, 2.75) is 60.3 Å². The lowest BCUT2D eigenvalue weighted by Crippen LogP contribution is -2.58. The monoisotopic (exact) mass is 624 g/mol. The maximum Gasteiger partial charge on any atom is 0.161 e. The average molecular weight is 625 g/mol. The normalized spacial score (nSPS) is 26.4. The highest BCUT2D eigenvalue weighted by Gasteiger charge is 2.51. The van der Waals surface area contributed by atoms with Crippen LogP contribution in [0.3, 0.4) is 0 Å². The number of rotatable bonds is 9. The second-order valence-electron chi connectivity index (χ2n) is 14.5. The molecule has 1 aromatic heterocycles. The fourth-order valence-corrected chi connectivity index (χ4v) is 10.5. The number of fused-ring (bicyclic) bond motifs is 1. The van der Waals surface area contributed by atoms with E-state index < -0.39 is 11.2 Å². The molecule has 0 radical (unpaired) electrons. The highest BCUT2D eigenvalue weighted by atomic mass is 32.2. The summed E-state index contributed by atoms with van der Waals surface area (Å²) >= 11 is -1.16. The Morgan fingerprint density at radius 1 is 0.778 bits per heavy atom. The lowest BCUT2D eigenvalue weighted by atomic mass is 9.57. The molecule has 6 nitrogen and oxygen atoms in total. The summed E-state index contributed by atoms with van der Waals surface area (Å²) in [6.07, 6.45) is 11.7. The summed E-state index contributed by atoms with van der Waals surface area (Å²) in [5.41, 5.74) is 4.86. The van der Waals surface area contributed by atoms with Crippen LogP contribution in [0.25, 0.3) is 0 Å². The van der Waals surface area contributed by atoms with Gasteiger partial charge in [0.05, 0.1) is 13.2 Å². The van der Waals surface area contributed by atoms with Gasteiger partial charge in [-0.1, -0.05) is 37.1 Å². The number of hydrogen-bond acceptors (Lipinski definition) is 6. The number of nitrogens with zero attached hydrogens (tertiary/aromatic N) is 4. The standard InChI is InChI=1S/C38H48N4O2S/c43-45(36-13-17-39-18-14-36)35-11-9-34(10-12-35)42-23-29(24-42)21-40-19-15-33(16-20-40)38(32-6-2-3-7-32)28-41(22-30-26-44-27-30)25-31-5-1-4-8-37(31)38/h1,4-5,8-14,17-18,29-30,32-33H,2-3,6-7,15-16,19-28H2. The number of benzene rings is 2. The molecule has 1 aliphatic carbocycles. The summed E-state index contributed by atoms with van der Waals surface area (Å²) in [5, 5.41) is 0. The maximum absolute atomic E-state index is 12.9. The maximum atomic E-state index is 12.9. The van der Waals surface area contributed by atoms with Crippen LogP contribution in [-0.2, 0) is 27.9 Å². The van der Waals surface area contributed by atoms with Crippen LogP contribution in [0.2, 0.25) is 0 Å². The van der Waals surface area contributed by atoms with Crippen LogP contribution in [0, 0.1) is 23.7 Å². The molecule has 1 saturated carbocycles. The number of hydrogen-bond donors (Lipinski definition) is 0. The van der Waals surface area contributed by atoms with Gasteiger partial charge in [-0.2, -0.15) is 0 Å². The molecule has 3 aromatic rings. The molecular formula is C38H48N4O2S. The molecule has 2 aromatic carbocycles. The van der Waals surface area contributed by atoms with Gasteiger partial charge in [-0.25, -0.2) is 0 Å². The van der Waals surface area contributed by atoms with E-state index in [-0.39, 0.29) is 0 Å². The number of anilines is 1. The van der Waals surface area contributed by atoms with Crippen molar-refractivity contribution in [1.29, 1.82) is 0 Å². The first kappa shape index (κ1) is 29.9. The van der Waals surface area contributed by atoms with Crippen LogP contribution in [0.4, 0.5) is 5.69 Å². The average Bonchev–Trinajstić information content (AvgIpc) is 3.60. The molecule has 0 bridgehead atoms. The third kappa shape index (κ3) is 5.96. The van der Waals surface area contributed by atoms with Crippen LogP contribution in [-0.4, -0.2) is 78.4 Å². The molecule has 0 spiro atoms. The van der Waals surface area contributed by atoms with Crippen molar-refractivity contribution in [3.63, 3.8) is 0 Å². The summed E-state index contributed by atoms with van der Waals surface area (Å²) in [5.74, 6) is 3.04. The van der Waals surface area contributed by atoms with E-state index in [2.05, 4.69) is 56.1 Å². The van der Waals surface area contributed by atoms with Gasteiger partial charge in [0.1, 0.15) is 0 Å². The SMILES string of the molecule is [O-][S+](c1ccncc1)c1ccc(N2CC(CN3CCC(C4(C5CCCC5)CN(CC5COC5)Cc5ccccc54)CC3)C2)cc1. The largest absolute Gasteiger partial charge is 0.606 e. The van der Waals surface area contributed by atoms with Crippen LogP contribution in [0.1, 0.15) is 49.7 Å². The van der Waals surface area contributed by atoms with Crippen molar-refractivity contribution in [2.75, 3.05) is 63.9 Å². The van der Waals surface area contributed by atoms with E-state index in [9.17, 15) is 4.55 Å². The lowest BCUT2D eigenvalue weighted by molar-refractivity contribution is -0.0576. The van der Waals surface area contributed by atoms with Crippen LogP contribution in [0.15, 0.2) is 82.8 Å². The first-order valence-corrected chi connectivity index (χ1v) is 18.6. The highest BCUT2D eigenvalue weighted by Crippen LogP contribution is 2.53. The molecule has 0 amide bonds. The fraction of sp³-hybridized carbons (Fsp3) is 0.553. The van der Waals surface area contributed by atoms with E-state index >= 15 is 0 Å². The van der Waals surface area contributed by atoms with Gasteiger partial charge in [0, 0.05) is 97.9 Å². The molecule has 8 rings (SSSR count). The number of pyridine rings is 1. The quantitative estimate of drug-likeness (QED) is 0.273. The lowest BCUT2D eigenvalue weighted by Gasteiger charge is -2.55.